The highest BCUT2D eigenvalue weighted by atomic mass is 32.1. The molecule has 0 aromatic carbocycles. The maximum Gasteiger partial charge on any atom is 0.0850 e. The molecule has 0 bridgehead atoms. The summed E-state index contributed by atoms with van der Waals surface area (Å²) >= 11 is 1.81. The second-order valence-electron chi connectivity index (χ2n) is 4.33. The maximum atomic E-state index is 5.72. The molecule has 0 amide bonds. The summed E-state index contributed by atoms with van der Waals surface area (Å²) in [5.41, 5.74) is 1.22. The first-order valence-electron chi connectivity index (χ1n) is 5.91. The molecule has 1 aromatic rings. The Hall–Kier alpha value is -0.380. The van der Waals surface area contributed by atoms with Crippen LogP contribution in [0, 0.1) is 6.92 Å². The van der Waals surface area contributed by atoms with E-state index < -0.39 is 0 Å². The summed E-state index contributed by atoms with van der Waals surface area (Å²) in [4.78, 5) is 1.40. The molecule has 3 heteroatoms. The van der Waals surface area contributed by atoms with Crippen LogP contribution in [-0.2, 0) is 4.74 Å². The molecule has 2 nitrogen and oxygen atoms in total. The normalized spacial score (nSPS) is 17.1. The van der Waals surface area contributed by atoms with Crippen molar-refractivity contribution < 1.29 is 4.74 Å². The zero-order valence-corrected chi connectivity index (χ0v) is 11.8. The van der Waals surface area contributed by atoms with E-state index in [2.05, 4.69) is 44.5 Å². The van der Waals surface area contributed by atoms with Gasteiger partial charge in [0.1, 0.15) is 0 Å². The van der Waals surface area contributed by atoms with E-state index in [1.807, 2.05) is 11.3 Å². The molecule has 0 aliphatic heterocycles. The Labute approximate surface area is 103 Å². The van der Waals surface area contributed by atoms with Gasteiger partial charge < -0.3 is 10.1 Å². The molecule has 1 aromatic heterocycles. The van der Waals surface area contributed by atoms with Crippen LogP contribution in [-0.4, -0.2) is 19.3 Å². The van der Waals surface area contributed by atoms with Crippen LogP contribution >= 0.6 is 11.3 Å². The van der Waals surface area contributed by atoms with E-state index in [0.717, 1.165) is 13.0 Å². The minimum Gasteiger partial charge on any atom is -0.377 e. The molecule has 1 rings (SSSR count). The SMILES string of the molecule is CCNC(c1sccc1C)C(C)(CC)OC. The maximum absolute atomic E-state index is 5.72. The summed E-state index contributed by atoms with van der Waals surface area (Å²) in [6, 6.07) is 2.46. The largest absolute Gasteiger partial charge is 0.377 e. The van der Waals surface area contributed by atoms with Crippen LogP contribution in [0.25, 0.3) is 0 Å². The van der Waals surface area contributed by atoms with Gasteiger partial charge in [-0.2, -0.15) is 0 Å². The average Bonchev–Trinajstić information content (AvgIpc) is 2.71. The van der Waals surface area contributed by atoms with E-state index in [1.165, 1.54) is 10.4 Å². The number of rotatable bonds is 6. The van der Waals surface area contributed by atoms with Gasteiger partial charge in [0.05, 0.1) is 11.6 Å². The quantitative estimate of drug-likeness (QED) is 0.822. The van der Waals surface area contributed by atoms with Gasteiger partial charge in [-0.05, 0) is 43.8 Å². The van der Waals surface area contributed by atoms with Crippen molar-refractivity contribution >= 4 is 11.3 Å². The number of hydrogen-bond donors (Lipinski definition) is 1. The van der Waals surface area contributed by atoms with Gasteiger partial charge in [-0.25, -0.2) is 0 Å². The molecule has 0 saturated heterocycles. The fraction of sp³-hybridized carbons (Fsp3) is 0.692. The Balaban J connectivity index is 3.03. The summed E-state index contributed by atoms with van der Waals surface area (Å²) in [6.45, 7) is 9.63. The van der Waals surface area contributed by atoms with Crippen molar-refractivity contribution in [2.45, 2.75) is 45.8 Å². The van der Waals surface area contributed by atoms with E-state index in [4.69, 9.17) is 4.74 Å². The van der Waals surface area contributed by atoms with Crippen LogP contribution in [0.5, 0.6) is 0 Å². The predicted octanol–water partition coefficient (Wildman–Crippen LogP) is 3.52. The van der Waals surface area contributed by atoms with Crippen molar-refractivity contribution in [2.24, 2.45) is 0 Å². The predicted molar refractivity (Wildman–Crippen MR) is 71.2 cm³/mol. The van der Waals surface area contributed by atoms with Gasteiger partial charge in [0, 0.05) is 12.0 Å². The third-order valence-corrected chi connectivity index (χ3v) is 4.43. The lowest BCUT2D eigenvalue weighted by Gasteiger charge is -2.36. The molecule has 0 spiro atoms. The molecule has 0 radical (unpaired) electrons. The number of nitrogens with one attached hydrogen (secondary N) is 1. The van der Waals surface area contributed by atoms with E-state index >= 15 is 0 Å². The van der Waals surface area contributed by atoms with Crippen molar-refractivity contribution in [3.63, 3.8) is 0 Å². The van der Waals surface area contributed by atoms with Crippen molar-refractivity contribution in [3.8, 4) is 0 Å². The van der Waals surface area contributed by atoms with Gasteiger partial charge in [0.2, 0.25) is 0 Å². The minimum absolute atomic E-state index is 0.133. The molecule has 1 N–H and O–H groups in total. The Morgan fingerprint density at radius 2 is 2.19 bits per heavy atom. The lowest BCUT2D eigenvalue weighted by Crippen LogP contribution is -2.42. The first-order chi connectivity index (χ1) is 7.59. The summed E-state index contributed by atoms with van der Waals surface area (Å²) in [7, 11) is 1.80. The second-order valence-corrected chi connectivity index (χ2v) is 5.28. The van der Waals surface area contributed by atoms with Crippen molar-refractivity contribution in [1.82, 2.24) is 5.32 Å². The van der Waals surface area contributed by atoms with Crippen molar-refractivity contribution in [3.05, 3.63) is 21.9 Å². The molecule has 2 unspecified atom stereocenters. The van der Waals surface area contributed by atoms with E-state index in [-0.39, 0.29) is 11.6 Å². The molecule has 92 valence electrons. The Bertz CT molecular complexity index is 317. The highest BCUT2D eigenvalue weighted by molar-refractivity contribution is 7.10. The second kappa shape index (κ2) is 5.80. The summed E-state index contributed by atoms with van der Waals surface area (Å²) in [5, 5.41) is 5.71. The van der Waals surface area contributed by atoms with Gasteiger partial charge in [-0.1, -0.05) is 13.8 Å². The minimum atomic E-state index is -0.133. The smallest absolute Gasteiger partial charge is 0.0850 e. The van der Waals surface area contributed by atoms with Gasteiger partial charge in [-0.15, -0.1) is 11.3 Å². The molecule has 0 aliphatic carbocycles. The molecule has 16 heavy (non-hydrogen) atoms. The first-order valence-corrected chi connectivity index (χ1v) is 6.79. The molecule has 0 aliphatic rings. The third-order valence-electron chi connectivity index (χ3n) is 3.35. The number of likely N-dealkylation sites (N-methyl/N-ethyl adjacent to an activating group) is 1. The Morgan fingerprint density at radius 1 is 1.50 bits per heavy atom. The Morgan fingerprint density at radius 3 is 2.56 bits per heavy atom. The number of thiophene rings is 1. The van der Waals surface area contributed by atoms with E-state index in [9.17, 15) is 0 Å². The molecule has 2 atom stereocenters. The highest BCUT2D eigenvalue weighted by Gasteiger charge is 2.34. The number of aryl methyl sites for hydroxylation is 1. The van der Waals surface area contributed by atoms with Gasteiger partial charge in [-0.3, -0.25) is 0 Å². The zero-order valence-electron chi connectivity index (χ0n) is 11.0. The lowest BCUT2D eigenvalue weighted by atomic mass is 9.90. The average molecular weight is 241 g/mol. The van der Waals surface area contributed by atoms with Crippen LogP contribution in [0.15, 0.2) is 11.4 Å². The van der Waals surface area contributed by atoms with Crippen LogP contribution in [0.4, 0.5) is 0 Å². The number of ether oxygens (including phenoxy) is 1. The third kappa shape index (κ3) is 2.65. The fourth-order valence-corrected chi connectivity index (χ4v) is 3.08. The Kier molecular flexibility index (Phi) is 4.96. The first kappa shape index (κ1) is 13.7. The van der Waals surface area contributed by atoms with Crippen LogP contribution in [0.1, 0.15) is 43.7 Å². The van der Waals surface area contributed by atoms with Gasteiger partial charge in [0.15, 0.2) is 0 Å². The topological polar surface area (TPSA) is 21.3 Å². The molecule has 0 fully saturated rings. The highest BCUT2D eigenvalue weighted by Crippen LogP contribution is 2.35. The standard InChI is InChI=1S/C13H23NOS/c1-6-13(4,15-5)12(14-7-2)11-10(3)8-9-16-11/h8-9,12,14H,6-7H2,1-5H3. The van der Waals surface area contributed by atoms with E-state index in [0.29, 0.717) is 0 Å². The fourth-order valence-electron chi connectivity index (χ4n) is 1.94. The summed E-state index contributed by atoms with van der Waals surface area (Å²) in [6.07, 6.45) is 0.999. The number of methoxy groups -OCH3 is 1. The van der Waals surface area contributed by atoms with E-state index in [1.54, 1.807) is 7.11 Å². The van der Waals surface area contributed by atoms with Crippen LogP contribution < -0.4 is 5.32 Å². The van der Waals surface area contributed by atoms with Crippen molar-refractivity contribution in [2.75, 3.05) is 13.7 Å². The summed E-state index contributed by atoms with van der Waals surface area (Å²) < 4.78 is 5.72. The van der Waals surface area contributed by atoms with Gasteiger partial charge >= 0.3 is 0 Å². The van der Waals surface area contributed by atoms with Crippen molar-refractivity contribution in [1.29, 1.82) is 0 Å². The van der Waals surface area contributed by atoms with Crippen LogP contribution in [0.2, 0.25) is 0 Å². The molecular weight excluding hydrogens is 218 g/mol. The molecular formula is C13H23NOS. The molecule has 0 saturated carbocycles. The summed E-state index contributed by atoms with van der Waals surface area (Å²) in [5.74, 6) is 0. The lowest BCUT2D eigenvalue weighted by molar-refractivity contribution is -0.0287. The zero-order chi connectivity index (χ0) is 12.2. The van der Waals surface area contributed by atoms with Crippen LogP contribution in [0.3, 0.4) is 0 Å². The monoisotopic (exact) mass is 241 g/mol. The number of hydrogen-bond acceptors (Lipinski definition) is 3. The molecule has 1 heterocycles. The van der Waals surface area contributed by atoms with Gasteiger partial charge in [0.25, 0.3) is 0 Å².